The molecule has 6 nitrogen and oxygen atoms in total. The number of halogens is 2. The second kappa shape index (κ2) is 10.2. The third-order valence-corrected chi connectivity index (χ3v) is 3.99. The molecule has 0 aliphatic carbocycles. The van der Waals surface area contributed by atoms with Crippen LogP contribution < -0.4 is 15.4 Å². The molecule has 1 heterocycles. The number of ether oxygens (including phenoxy) is 1. The van der Waals surface area contributed by atoms with Crippen LogP contribution in [0.4, 0.5) is 8.78 Å². The van der Waals surface area contributed by atoms with Gasteiger partial charge in [0.05, 0.1) is 13.1 Å². The van der Waals surface area contributed by atoms with Crippen molar-refractivity contribution >= 4 is 5.96 Å². The van der Waals surface area contributed by atoms with Crippen LogP contribution in [0, 0.1) is 0 Å². The quantitative estimate of drug-likeness (QED) is 0.438. The van der Waals surface area contributed by atoms with E-state index in [4.69, 9.17) is 4.52 Å². The van der Waals surface area contributed by atoms with Crippen LogP contribution in [0.1, 0.15) is 18.2 Å². The molecule has 2 N–H and O–H groups in total. The first-order valence-electron chi connectivity index (χ1n) is 9.21. The van der Waals surface area contributed by atoms with Gasteiger partial charge in [-0.1, -0.05) is 53.7 Å². The lowest BCUT2D eigenvalue weighted by molar-refractivity contribution is -0.0504. The van der Waals surface area contributed by atoms with Crippen LogP contribution in [0.2, 0.25) is 0 Å². The van der Waals surface area contributed by atoms with Gasteiger partial charge in [-0.25, -0.2) is 4.99 Å². The van der Waals surface area contributed by atoms with Crippen LogP contribution in [0.3, 0.4) is 0 Å². The van der Waals surface area contributed by atoms with Crippen molar-refractivity contribution < 1.29 is 18.0 Å². The van der Waals surface area contributed by atoms with Gasteiger partial charge in [0.2, 0.25) is 0 Å². The van der Waals surface area contributed by atoms with Gasteiger partial charge in [-0.05, 0) is 13.0 Å². The van der Waals surface area contributed by atoms with Crippen molar-refractivity contribution in [2.24, 2.45) is 4.99 Å². The molecule has 0 bridgehead atoms. The summed E-state index contributed by atoms with van der Waals surface area (Å²) >= 11 is 0. The molecule has 0 saturated heterocycles. The minimum Gasteiger partial charge on any atom is -0.434 e. The Kier molecular flexibility index (Phi) is 7.16. The Morgan fingerprint density at radius 1 is 1.10 bits per heavy atom. The summed E-state index contributed by atoms with van der Waals surface area (Å²) in [4.78, 5) is 4.44. The van der Waals surface area contributed by atoms with Gasteiger partial charge in [0.25, 0.3) is 0 Å². The predicted octanol–water partition coefficient (Wildman–Crippen LogP) is 4.20. The molecule has 0 aliphatic rings. The molecule has 0 amide bonds. The van der Waals surface area contributed by atoms with Gasteiger partial charge in [0.15, 0.2) is 11.7 Å². The summed E-state index contributed by atoms with van der Waals surface area (Å²) in [5.74, 6) is 1.33. The highest BCUT2D eigenvalue weighted by Crippen LogP contribution is 2.21. The molecule has 0 radical (unpaired) electrons. The van der Waals surface area contributed by atoms with Crippen molar-refractivity contribution in [1.29, 1.82) is 0 Å². The summed E-state index contributed by atoms with van der Waals surface area (Å²) in [6.07, 6.45) is 0. The van der Waals surface area contributed by atoms with E-state index in [0.717, 1.165) is 11.3 Å². The highest BCUT2D eigenvalue weighted by atomic mass is 19.3. The number of aliphatic imine (C=N–C) groups is 1. The third-order valence-electron chi connectivity index (χ3n) is 3.99. The van der Waals surface area contributed by atoms with E-state index in [1.807, 2.05) is 43.3 Å². The van der Waals surface area contributed by atoms with E-state index in [-0.39, 0.29) is 12.3 Å². The second-order valence-electron chi connectivity index (χ2n) is 6.08. The first-order chi connectivity index (χ1) is 14.2. The van der Waals surface area contributed by atoms with Crippen molar-refractivity contribution in [1.82, 2.24) is 15.8 Å². The van der Waals surface area contributed by atoms with E-state index in [1.165, 1.54) is 6.07 Å². The van der Waals surface area contributed by atoms with Crippen molar-refractivity contribution in [2.45, 2.75) is 26.6 Å². The van der Waals surface area contributed by atoms with E-state index in [9.17, 15) is 8.78 Å². The SMILES string of the molecule is CCNC(=NCc1ccccc1OC(F)F)NCc1cc(-c2ccccc2)on1. The molecule has 0 unspecified atom stereocenters. The number of benzene rings is 2. The number of alkyl halides is 2. The first kappa shape index (κ1) is 20.3. The van der Waals surface area contributed by atoms with Gasteiger partial charge < -0.3 is 19.9 Å². The summed E-state index contributed by atoms with van der Waals surface area (Å²) in [7, 11) is 0. The Bertz CT molecular complexity index is 929. The number of aromatic nitrogens is 1. The van der Waals surface area contributed by atoms with Gasteiger partial charge in [0.1, 0.15) is 11.4 Å². The highest BCUT2D eigenvalue weighted by molar-refractivity contribution is 5.79. The highest BCUT2D eigenvalue weighted by Gasteiger charge is 2.10. The summed E-state index contributed by atoms with van der Waals surface area (Å²) < 4.78 is 35.0. The standard InChI is InChI=1S/C21H22F2N4O2/c1-2-24-21(25-13-16-10-6-7-11-18(16)28-20(22)23)26-14-17-12-19(29-27-17)15-8-4-3-5-9-15/h3-12,20H,2,13-14H2,1H3,(H2,24,25,26). The van der Waals surface area contributed by atoms with Crippen LogP contribution >= 0.6 is 0 Å². The van der Waals surface area contributed by atoms with Crippen LogP contribution in [-0.2, 0) is 13.1 Å². The molecule has 0 aliphatic heterocycles. The number of nitrogens with one attached hydrogen (secondary N) is 2. The lowest BCUT2D eigenvalue weighted by Gasteiger charge is -2.12. The average Bonchev–Trinajstić information content (AvgIpc) is 3.20. The lowest BCUT2D eigenvalue weighted by atomic mass is 10.2. The van der Waals surface area contributed by atoms with E-state index in [2.05, 4.69) is 25.5 Å². The molecular weight excluding hydrogens is 378 g/mol. The average molecular weight is 400 g/mol. The minimum absolute atomic E-state index is 0.117. The van der Waals surface area contributed by atoms with Gasteiger partial charge in [-0.3, -0.25) is 0 Å². The summed E-state index contributed by atoms with van der Waals surface area (Å²) in [5, 5.41) is 10.3. The monoisotopic (exact) mass is 400 g/mol. The summed E-state index contributed by atoms with van der Waals surface area (Å²) in [6, 6.07) is 18.1. The Morgan fingerprint density at radius 3 is 2.62 bits per heavy atom. The molecule has 152 valence electrons. The van der Waals surface area contributed by atoms with Gasteiger partial charge >= 0.3 is 6.61 Å². The fraction of sp³-hybridized carbons (Fsp3) is 0.238. The van der Waals surface area contributed by atoms with E-state index >= 15 is 0 Å². The number of rotatable bonds is 8. The molecule has 3 aromatic rings. The maximum Gasteiger partial charge on any atom is 0.387 e. The van der Waals surface area contributed by atoms with Crippen LogP contribution in [0.25, 0.3) is 11.3 Å². The largest absolute Gasteiger partial charge is 0.434 e. The topological polar surface area (TPSA) is 71.7 Å². The number of hydrogen-bond donors (Lipinski definition) is 2. The summed E-state index contributed by atoms with van der Waals surface area (Å²) in [6.45, 7) is 0.297. The molecule has 3 rings (SSSR count). The first-order valence-corrected chi connectivity index (χ1v) is 9.21. The zero-order valence-electron chi connectivity index (χ0n) is 15.9. The van der Waals surface area contributed by atoms with E-state index in [1.54, 1.807) is 18.2 Å². The minimum atomic E-state index is -2.88. The Labute approximate surface area is 167 Å². The van der Waals surface area contributed by atoms with Crippen LogP contribution in [0.5, 0.6) is 5.75 Å². The van der Waals surface area contributed by atoms with Crippen molar-refractivity contribution in [3.63, 3.8) is 0 Å². The Morgan fingerprint density at radius 2 is 1.86 bits per heavy atom. The zero-order chi connectivity index (χ0) is 20.5. The fourth-order valence-corrected chi connectivity index (χ4v) is 2.66. The fourth-order valence-electron chi connectivity index (χ4n) is 2.66. The molecule has 0 atom stereocenters. The smallest absolute Gasteiger partial charge is 0.387 e. The van der Waals surface area contributed by atoms with Crippen LogP contribution in [-0.4, -0.2) is 24.3 Å². The van der Waals surface area contributed by atoms with Crippen LogP contribution in [0.15, 0.2) is 70.2 Å². The molecule has 8 heteroatoms. The van der Waals surface area contributed by atoms with Gasteiger partial charge in [-0.15, -0.1) is 0 Å². The molecular formula is C21H22F2N4O2. The molecule has 2 aromatic carbocycles. The van der Waals surface area contributed by atoms with Crippen molar-refractivity contribution in [3.8, 4) is 17.1 Å². The molecule has 0 spiro atoms. The van der Waals surface area contributed by atoms with Crippen molar-refractivity contribution in [3.05, 3.63) is 71.9 Å². The maximum absolute atomic E-state index is 12.6. The number of guanidine groups is 1. The van der Waals surface area contributed by atoms with E-state index < -0.39 is 6.61 Å². The molecule has 0 saturated carbocycles. The van der Waals surface area contributed by atoms with Gasteiger partial charge in [-0.2, -0.15) is 8.78 Å². The van der Waals surface area contributed by atoms with E-state index in [0.29, 0.717) is 30.4 Å². The third kappa shape index (κ3) is 6.03. The lowest BCUT2D eigenvalue weighted by Crippen LogP contribution is -2.36. The second-order valence-corrected chi connectivity index (χ2v) is 6.08. The Balaban J connectivity index is 1.64. The number of nitrogens with zero attached hydrogens (tertiary/aromatic N) is 2. The maximum atomic E-state index is 12.6. The van der Waals surface area contributed by atoms with Crippen molar-refractivity contribution in [2.75, 3.05) is 6.54 Å². The summed E-state index contributed by atoms with van der Waals surface area (Å²) in [5.41, 5.74) is 2.23. The number of para-hydroxylation sites is 1. The molecule has 1 aromatic heterocycles. The molecule has 0 fully saturated rings. The van der Waals surface area contributed by atoms with Gasteiger partial charge in [0, 0.05) is 23.7 Å². The molecule has 29 heavy (non-hydrogen) atoms. The number of hydrogen-bond acceptors (Lipinski definition) is 4. The Hall–Kier alpha value is -3.42. The normalized spacial score (nSPS) is 11.5. The predicted molar refractivity (Wildman–Crippen MR) is 107 cm³/mol. The zero-order valence-corrected chi connectivity index (χ0v) is 15.9.